The molecule has 6 nitrogen and oxygen atoms in total. The summed E-state index contributed by atoms with van der Waals surface area (Å²) in [6.07, 6.45) is 7.15. The molecule has 162 valence electrons. The van der Waals surface area contributed by atoms with Crippen LogP contribution in [0.15, 0.2) is 48.8 Å². The Hall–Kier alpha value is -3.15. The number of hydrogen-bond acceptors (Lipinski definition) is 4. The zero-order chi connectivity index (χ0) is 21.6. The van der Waals surface area contributed by atoms with E-state index in [1.807, 2.05) is 23.1 Å². The van der Waals surface area contributed by atoms with E-state index in [1.165, 1.54) is 10.9 Å². The van der Waals surface area contributed by atoms with Crippen molar-refractivity contribution < 1.29 is 14.3 Å². The van der Waals surface area contributed by atoms with Gasteiger partial charge in [0.15, 0.2) is 5.78 Å². The number of carbonyl (C=O) groups is 2. The lowest BCUT2D eigenvalue weighted by molar-refractivity contribution is -0.132. The number of Topliss-reactive ketones (excluding diaryl/α,β-unsaturated/α-hetero) is 1. The molecule has 0 saturated carbocycles. The molecule has 1 aromatic carbocycles. The topological polar surface area (TPSA) is 75.3 Å². The predicted molar refractivity (Wildman–Crippen MR) is 120 cm³/mol. The third-order valence-corrected chi connectivity index (χ3v) is 5.99. The number of aromatic amines is 1. The van der Waals surface area contributed by atoms with E-state index in [1.54, 1.807) is 18.3 Å². The lowest BCUT2D eigenvalue weighted by atomic mass is 9.89. The van der Waals surface area contributed by atoms with Crippen LogP contribution in [-0.2, 0) is 4.79 Å². The van der Waals surface area contributed by atoms with Gasteiger partial charge in [0.2, 0.25) is 5.91 Å². The quantitative estimate of drug-likeness (QED) is 0.536. The second-order valence-electron chi connectivity index (χ2n) is 8.09. The van der Waals surface area contributed by atoms with Crippen molar-refractivity contribution >= 4 is 22.7 Å². The van der Waals surface area contributed by atoms with E-state index in [9.17, 15) is 9.59 Å². The van der Waals surface area contributed by atoms with Gasteiger partial charge in [0, 0.05) is 49.3 Å². The van der Waals surface area contributed by atoms with Crippen LogP contribution >= 0.6 is 0 Å². The van der Waals surface area contributed by atoms with Crippen molar-refractivity contribution in [2.24, 2.45) is 0 Å². The van der Waals surface area contributed by atoms with E-state index < -0.39 is 0 Å². The van der Waals surface area contributed by atoms with Crippen LogP contribution in [-0.4, -0.2) is 46.3 Å². The van der Waals surface area contributed by atoms with Gasteiger partial charge in [0.25, 0.3) is 0 Å². The minimum Gasteiger partial charge on any atom is -0.494 e. The number of likely N-dealkylation sites (tertiary alicyclic amines) is 1. The van der Waals surface area contributed by atoms with E-state index in [-0.39, 0.29) is 24.5 Å². The van der Waals surface area contributed by atoms with E-state index in [4.69, 9.17) is 4.74 Å². The van der Waals surface area contributed by atoms with Crippen LogP contribution in [0.2, 0.25) is 0 Å². The van der Waals surface area contributed by atoms with E-state index >= 15 is 0 Å². The zero-order valence-corrected chi connectivity index (χ0v) is 18.0. The molecule has 31 heavy (non-hydrogen) atoms. The minimum absolute atomic E-state index is 0.00318. The fourth-order valence-electron chi connectivity index (χ4n) is 4.23. The van der Waals surface area contributed by atoms with Crippen LogP contribution in [0.4, 0.5) is 0 Å². The number of fused-ring (bicyclic) bond motifs is 1. The first-order chi connectivity index (χ1) is 15.2. The average molecular weight is 420 g/mol. The molecule has 0 radical (unpaired) electrons. The molecule has 4 rings (SSSR count). The zero-order valence-electron chi connectivity index (χ0n) is 18.0. The molecule has 1 fully saturated rings. The summed E-state index contributed by atoms with van der Waals surface area (Å²) in [5, 5.41) is 1.17. The number of amides is 1. The highest BCUT2D eigenvalue weighted by Gasteiger charge is 2.25. The number of rotatable bonds is 8. The van der Waals surface area contributed by atoms with Crippen molar-refractivity contribution in [2.45, 2.75) is 44.9 Å². The van der Waals surface area contributed by atoms with Gasteiger partial charge in [0.1, 0.15) is 11.4 Å². The smallest absolute Gasteiger partial charge is 0.223 e. The van der Waals surface area contributed by atoms with Crippen molar-refractivity contribution in [2.75, 3.05) is 19.7 Å². The van der Waals surface area contributed by atoms with Gasteiger partial charge in [-0.3, -0.25) is 9.59 Å². The molecular weight excluding hydrogens is 390 g/mol. The Labute approximate surface area is 182 Å². The number of piperidine rings is 1. The van der Waals surface area contributed by atoms with Gasteiger partial charge in [-0.05, 0) is 67.1 Å². The van der Waals surface area contributed by atoms with Crippen molar-refractivity contribution in [3.05, 3.63) is 59.9 Å². The monoisotopic (exact) mass is 419 g/mol. The van der Waals surface area contributed by atoms with Crippen LogP contribution in [0.5, 0.6) is 5.75 Å². The van der Waals surface area contributed by atoms with Gasteiger partial charge < -0.3 is 14.6 Å². The number of aromatic nitrogens is 2. The SMILES string of the molecule is CCCOc1ccc(C(=O)CCC(=O)N2CCC(c3c[nH]c4ncccc34)CC2)cc1. The third kappa shape index (κ3) is 4.95. The number of hydrogen-bond donors (Lipinski definition) is 1. The molecule has 6 heteroatoms. The van der Waals surface area contributed by atoms with Gasteiger partial charge in [-0.15, -0.1) is 0 Å². The highest BCUT2D eigenvalue weighted by Crippen LogP contribution is 2.32. The normalized spacial score (nSPS) is 14.7. The second kappa shape index (κ2) is 9.77. The Kier molecular flexibility index (Phi) is 6.65. The summed E-state index contributed by atoms with van der Waals surface area (Å²) in [6.45, 7) is 4.18. The minimum atomic E-state index is -0.00318. The van der Waals surface area contributed by atoms with Gasteiger partial charge in [-0.25, -0.2) is 4.98 Å². The van der Waals surface area contributed by atoms with Gasteiger partial charge in [-0.2, -0.15) is 0 Å². The van der Waals surface area contributed by atoms with Crippen LogP contribution in [0, 0.1) is 0 Å². The Morgan fingerprint density at radius 3 is 2.65 bits per heavy atom. The molecule has 1 N–H and O–H groups in total. The maximum absolute atomic E-state index is 12.6. The van der Waals surface area contributed by atoms with Gasteiger partial charge in [-0.1, -0.05) is 6.92 Å². The number of benzene rings is 1. The Morgan fingerprint density at radius 1 is 1.13 bits per heavy atom. The summed E-state index contributed by atoms with van der Waals surface area (Å²) >= 11 is 0. The number of nitrogens with one attached hydrogen (secondary N) is 1. The summed E-state index contributed by atoms with van der Waals surface area (Å²) in [4.78, 5) is 34.6. The molecule has 1 amide bonds. The fraction of sp³-hybridized carbons (Fsp3) is 0.400. The number of carbonyl (C=O) groups excluding carboxylic acids is 2. The van der Waals surface area contributed by atoms with Gasteiger partial charge in [0.05, 0.1) is 6.61 Å². The van der Waals surface area contributed by atoms with E-state index in [0.717, 1.165) is 43.7 Å². The van der Waals surface area contributed by atoms with Crippen molar-refractivity contribution in [3.63, 3.8) is 0 Å². The average Bonchev–Trinajstić information content (AvgIpc) is 3.25. The van der Waals surface area contributed by atoms with Crippen molar-refractivity contribution in [3.8, 4) is 5.75 Å². The molecule has 0 unspecified atom stereocenters. The number of nitrogens with zero attached hydrogens (tertiary/aromatic N) is 2. The molecule has 1 aliphatic heterocycles. The predicted octanol–water partition coefficient (Wildman–Crippen LogP) is 4.72. The van der Waals surface area contributed by atoms with Crippen molar-refractivity contribution in [1.29, 1.82) is 0 Å². The largest absolute Gasteiger partial charge is 0.494 e. The Bertz CT molecular complexity index is 1030. The lowest BCUT2D eigenvalue weighted by Crippen LogP contribution is -2.38. The number of ether oxygens (including phenoxy) is 1. The van der Waals surface area contributed by atoms with Crippen LogP contribution in [0.1, 0.15) is 60.9 Å². The first kappa shape index (κ1) is 21.1. The first-order valence-corrected chi connectivity index (χ1v) is 11.1. The number of H-pyrrole nitrogens is 1. The summed E-state index contributed by atoms with van der Waals surface area (Å²) in [6, 6.07) is 11.2. The number of ketones is 1. The van der Waals surface area contributed by atoms with Crippen LogP contribution < -0.4 is 4.74 Å². The Morgan fingerprint density at radius 2 is 1.90 bits per heavy atom. The molecule has 1 aliphatic rings. The third-order valence-electron chi connectivity index (χ3n) is 5.99. The fourth-order valence-corrected chi connectivity index (χ4v) is 4.23. The molecular formula is C25H29N3O3. The summed E-state index contributed by atoms with van der Waals surface area (Å²) in [5.41, 5.74) is 2.83. The lowest BCUT2D eigenvalue weighted by Gasteiger charge is -2.32. The maximum atomic E-state index is 12.6. The second-order valence-corrected chi connectivity index (χ2v) is 8.09. The van der Waals surface area contributed by atoms with Crippen molar-refractivity contribution in [1.82, 2.24) is 14.9 Å². The highest BCUT2D eigenvalue weighted by molar-refractivity contribution is 5.98. The summed E-state index contributed by atoms with van der Waals surface area (Å²) in [7, 11) is 0. The van der Waals surface area contributed by atoms with Gasteiger partial charge >= 0.3 is 0 Å². The van der Waals surface area contributed by atoms with Crippen LogP contribution in [0.25, 0.3) is 11.0 Å². The summed E-state index contributed by atoms with van der Waals surface area (Å²) < 4.78 is 5.55. The molecule has 2 aromatic heterocycles. The molecule has 1 saturated heterocycles. The molecule has 0 spiro atoms. The molecule has 0 atom stereocenters. The van der Waals surface area contributed by atoms with Crippen LogP contribution in [0.3, 0.4) is 0 Å². The van der Waals surface area contributed by atoms with E-state index in [2.05, 4.69) is 29.2 Å². The first-order valence-electron chi connectivity index (χ1n) is 11.1. The number of pyridine rings is 1. The molecule has 3 aromatic rings. The summed E-state index contributed by atoms with van der Waals surface area (Å²) in [5.74, 6) is 1.26. The molecule has 0 aliphatic carbocycles. The molecule has 0 bridgehead atoms. The van der Waals surface area contributed by atoms with E-state index in [0.29, 0.717) is 18.1 Å². The standard InChI is InChI=1S/C25H29N3O3/c1-2-16-31-20-7-5-19(6-8-20)23(29)9-10-24(30)28-14-11-18(12-15-28)22-17-27-25-21(22)4-3-13-26-25/h3-8,13,17-18H,2,9-12,14-16H2,1H3,(H,26,27). The molecule has 3 heterocycles. The highest BCUT2D eigenvalue weighted by atomic mass is 16.5. The maximum Gasteiger partial charge on any atom is 0.223 e. The Balaban J connectivity index is 1.26.